The number of hydrogen-bond donors (Lipinski definition) is 1. The molecule has 2 heterocycles. The zero-order chi connectivity index (χ0) is 13.0. The molecule has 6 heteroatoms. The third-order valence-electron chi connectivity index (χ3n) is 3.05. The first kappa shape index (κ1) is 12.9. The predicted octanol–water partition coefficient (Wildman–Crippen LogP) is -0.0628. The first-order valence-corrected chi connectivity index (χ1v) is 6.04. The Bertz CT molecular complexity index is 401. The molecule has 5 nitrogen and oxygen atoms in total. The number of nitrogens with zero attached hydrogens (tertiary/aromatic N) is 3. The summed E-state index contributed by atoms with van der Waals surface area (Å²) in [5, 5.41) is 0. The van der Waals surface area contributed by atoms with Crippen LogP contribution in [0.4, 0.5) is 4.39 Å². The zero-order valence-corrected chi connectivity index (χ0v) is 10.2. The molecular formula is C12H17FN4O. The van der Waals surface area contributed by atoms with Crippen LogP contribution in [0.2, 0.25) is 0 Å². The molecule has 1 fully saturated rings. The molecule has 1 amide bonds. The van der Waals surface area contributed by atoms with Crippen molar-refractivity contribution in [3.05, 3.63) is 29.8 Å². The van der Waals surface area contributed by atoms with E-state index < -0.39 is 5.82 Å². The van der Waals surface area contributed by atoms with Crippen molar-refractivity contribution in [1.82, 2.24) is 14.8 Å². The molecule has 0 bridgehead atoms. The van der Waals surface area contributed by atoms with Gasteiger partial charge < -0.3 is 10.6 Å². The fourth-order valence-corrected chi connectivity index (χ4v) is 2.02. The Morgan fingerprint density at radius 1 is 1.33 bits per heavy atom. The molecule has 0 spiro atoms. The van der Waals surface area contributed by atoms with Crippen LogP contribution >= 0.6 is 0 Å². The number of piperazine rings is 1. The Morgan fingerprint density at radius 3 is 2.61 bits per heavy atom. The van der Waals surface area contributed by atoms with E-state index in [1.54, 1.807) is 4.90 Å². The van der Waals surface area contributed by atoms with Crippen molar-refractivity contribution < 1.29 is 9.18 Å². The average molecular weight is 252 g/mol. The highest BCUT2D eigenvalue weighted by molar-refractivity contribution is 5.92. The highest BCUT2D eigenvalue weighted by Gasteiger charge is 2.22. The number of halogens is 1. The molecule has 2 rings (SSSR count). The van der Waals surface area contributed by atoms with E-state index in [0.29, 0.717) is 25.3 Å². The standard InChI is InChI=1S/C12H17FN4O/c13-10-1-2-11(15-9-10)12(18)17-7-5-16(4-3-14)6-8-17/h1-2,9H,3-8,14H2. The number of carbonyl (C=O) groups is 1. The molecule has 0 radical (unpaired) electrons. The predicted molar refractivity (Wildman–Crippen MR) is 65.6 cm³/mol. The van der Waals surface area contributed by atoms with Gasteiger partial charge in [-0.15, -0.1) is 0 Å². The summed E-state index contributed by atoms with van der Waals surface area (Å²) in [6.07, 6.45) is 1.07. The number of carbonyl (C=O) groups excluding carboxylic acids is 1. The van der Waals surface area contributed by atoms with Crippen molar-refractivity contribution >= 4 is 5.91 Å². The second kappa shape index (κ2) is 5.88. The van der Waals surface area contributed by atoms with Gasteiger partial charge in [0.15, 0.2) is 0 Å². The van der Waals surface area contributed by atoms with Crippen LogP contribution in [0, 0.1) is 5.82 Å². The molecule has 1 aromatic heterocycles. The number of aromatic nitrogens is 1. The molecule has 1 aliphatic heterocycles. The van der Waals surface area contributed by atoms with Gasteiger partial charge in [0.2, 0.25) is 0 Å². The van der Waals surface area contributed by atoms with E-state index in [0.717, 1.165) is 25.8 Å². The summed E-state index contributed by atoms with van der Waals surface area (Å²) >= 11 is 0. The van der Waals surface area contributed by atoms with E-state index in [4.69, 9.17) is 5.73 Å². The maximum absolute atomic E-state index is 12.7. The van der Waals surface area contributed by atoms with Crippen LogP contribution in [0.15, 0.2) is 18.3 Å². The summed E-state index contributed by atoms with van der Waals surface area (Å²) in [5.41, 5.74) is 5.79. The number of pyridine rings is 1. The van der Waals surface area contributed by atoms with Crippen LogP contribution in [-0.4, -0.2) is 60.0 Å². The summed E-state index contributed by atoms with van der Waals surface area (Å²) < 4.78 is 12.7. The second-order valence-electron chi connectivity index (χ2n) is 4.28. The largest absolute Gasteiger partial charge is 0.335 e. The quantitative estimate of drug-likeness (QED) is 0.818. The van der Waals surface area contributed by atoms with Gasteiger partial charge in [0.25, 0.3) is 5.91 Å². The minimum absolute atomic E-state index is 0.137. The van der Waals surface area contributed by atoms with Crippen molar-refractivity contribution in [1.29, 1.82) is 0 Å². The van der Waals surface area contributed by atoms with E-state index in [9.17, 15) is 9.18 Å². The van der Waals surface area contributed by atoms with Crippen LogP contribution in [-0.2, 0) is 0 Å². The molecular weight excluding hydrogens is 235 g/mol. The van der Waals surface area contributed by atoms with Gasteiger partial charge in [0, 0.05) is 39.3 Å². The number of rotatable bonds is 3. The monoisotopic (exact) mass is 252 g/mol. The first-order chi connectivity index (χ1) is 8.70. The minimum Gasteiger partial charge on any atom is -0.335 e. The Morgan fingerprint density at radius 2 is 2.06 bits per heavy atom. The number of nitrogens with two attached hydrogens (primary N) is 1. The van der Waals surface area contributed by atoms with Crippen molar-refractivity contribution in [3.8, 4) is 0 Å². The normalized spacial score (nSPS) is 16.9. The van der Waals surface area contributed by atoms with Gasteiger partial charge in [-0.1, -0.05) is 0 Å². The molecule has 0 aliphatic carbocycles. The lowest BCUT2D eigenvalue weighted by Gasteiger charge is -2.34. The third kappa shape index (κ3) is 3.02. The average Bonchev–Trinajstić information content (AvgIpc) is 2.40. The van der Waals surface area contributed by atoms with Gasteiger partial charge in [-0.25, -0.2) is 9.37 Å². The van der Waals surface area contributed by atoms with E-state index in [-0.39, 0.29) is 5.91 Å². The highest BCUT2D eigenvalue weighted by atomic mass is 19.1. The Kier molecular flexibility index (Phi) is 4.22. The highest BCUT2D eigenvalue weighted by Crippen LogP contribution is 2.07. The summed E-state index contributed by atoms with van der Waals surface area (Å²) in [5.74, 6) is -0.568. The fourth-order valence-electron chi connectivity index (χ4n) is 2.02. The summed E-state index contributed by atoms with van der Waals surface area (Å²) in [7, 11) is 0. The zero-order valence-electron chi connectivity index (χ0n) is 10.2. The van der Waals surface area contributed by atoms with Gasteiger partial charge in [-0.05, 0) is 12.1 Å². The molecule has 1 aliphatic rings. The van der Waals surface area contributed by atoms with Crippen molar-refractivity contribution in [2.75, 3.05) is 39.3 Å². The van der Waals surface area contributed by atoms with Gasteiger partial charge in [0.05, 0.1) is 6.20 Å². The maximum Gasteiger partial charge on any atom is 0.272 e. The SMILES string of the molecule is NCCN1CCN(C(=O)c2ccc(F)cn2)CC1. The third-order valence-corrected chi connectivity index (χ3v) is 3.05. The molecule has 0 aromatic carbocycles. The van der Waals surface area contributed by atoms with Gasteiger partial charge >= 0.3 is 0 Å². The maximum atomic E-state index is 12.7. The van der Waals surface area contributed by atoms with Gasteiger partial charge in [-0.3, -0.25) is 9.69 Å². The lowest BCUT2D eigenvalue weighted by molar-refractivity contribution is 0.0635. The molecule has 18 heavy (non-hydrogen) atoms. The first-order valence-electron chi connectivity index (χ1n) is 6.04. The van der Waals surface area contributed by atoms with Crippen molar-refractivity contribution in [2.45, 2.75) is 0 Å². The van der Waals surface area contributed by atoms with E-state index in [1.807, 2.05) is 0 Å². The van der Waals surface area contributed by atoms with Crippen LogP contribution in [0.25, 0.3) is 0 Å². The van der Waals surface area contributed by atoms with Crippen LogP contribution in [0.5, 0.6) is 0 Å². The molecule has 98 valence electrons. The smallest absolute Gasteiger partial charge is 0.272 e. The molecule has 1 saturated heterocycles. The molecule has 0 unspecified atom stereocenters. The number of amides is 1. The summed E-state index contributed by atoms with van der Waals surface area (Å²) in [6, 6.07) is 2.68. The lowest BCUT2D eigenvalue weighted by atomic mass is 10.2. The van der Waals surface area contributed by atoms with Gasteiger partial charge in [0.1, 0.15) is 11.5 Å². The lowest BCUT2D eigenvalue weighted by Crippen LogP contribution is -2.49. The molecule has 1 aromatic rings. The Labute approximate surface area is 105 Å². The fraction of sp³-hybridized carbons (Fsp3) is 0.500. The van der Waals surface area contributed by atoms with Gasteiger partial charge in [-0.2, -0.15) is 0 Å². The number of hydrogen-bond acceptors (Lipinski definition) is 4. The minimum atomic E-state index is -0.431. The van der Waals surface area contributed by atoms with Crippen molar-refractivity contribution in [2.24, 2.45) is 5.73 Å². The summed E-state index contributed by atoms with van der Waals surface area (Å²) in [4.78, 5) is 19.8. The molecule has 2 N–H and O–H groups in total. The van der Waals surface area contributed by atoms with E-state index >= 15 is 0 Å². The second-order valence-corrected chi connectivity index (χ2v) is 4.28. The summed E-state index contributed by atoms with van der Waals surface area (Å²) in [6.45, 7) is 4.47. The Hall–Kier alpha value is -1.53. The molecule has 0 atom stereocenters. The van der Waals surface area contributed by atoms with E-state index in [1.165, 1.54) is 12.1 Å². The van der Waals surface area contributed by atoms with Crippen LogP contribution < -0.4 is 5.73 Å². The van der Waals surface area contributed by atoms with Crippen LogP contribution in [0.1, 0.15) is 10.5 Å². The Balaban J connectivity index is 1.93. The van der Waals surface area contributed by atoms with Crippen LogP contribution in [0.3, 0.4) is 0 Å². The van der Waals surface area contributed by atoms with Crippen molar-refractivity contribution in [3.63, 3.8) is 0 Å². The molecule has 0 saturated carbocycles. The van der Waals surface area contributed by atoms with E-state index in [2.05, 4.69) is 9.88 Å². The topological polar surface area (TPSA) is 62.5 Å².